The van der Waals surface area contributed by atoms with Gasteiger partial charge in [0.05, 0.1) is 6.61 Å². The maximum absolute atomic E-state index is 12.0. The number of hydrogen-bond donors (Lipinski definition) is 0. The lowest BCUT2D eigenvalue weighted by Gasteiger charge is -2.14. The standard InChI is InChI=1S/C21H20O5/c1-3-11-24-21(23)14(2)25-16-9-10-17-18(15-7-5-4-6-8-15)13-20(22)26-19(17)12-16/h4-10,12-14H,3,11H2,1-2H3. The third-order valence-corrected chi connectivity index (χ3v) is 3.89. The van der Waals surface area contributed by atoms with Crippen LogP contribution in [0.5, 0.6) is 5.75 Å². The first-order valence-electron chi connectivity index (χ1n) is 8.55. The van der Waals surface area contributed by atoms with Crippen LogP contribution in [-0.4, -0.2) is 18.7 Å². The summed E-state index contributed by atoms with van der Waals surface area (Å²) in [5, 5.41) is 0.796. The van der Waals surface area contributed by atoms with E-state index < -0.39 is 17.7 Å². The minimum absolute atomic E-state index is 0.361. The van der Waals surface area contributed by atoms with Gasteiger partial charge in [0.25, 0.3) is 0 Å². The fourth-order valence-electron chi connectivity index (χ4n) is 2.65. The van der Waals surface area contributed by atoms with Crippen LogP contribution >= 0.6 is 0 Å². The zero-order valence-corrected chi connectivity index (χ0v) is 14.7. The molecule has 134 valence electrons. The molecule has 0 saturated carbocycles. The molecule has 5 heteroatoms. The quantitative estimate of drug-likeness (QED) is 0.492. The average Bonchev–Trinajstić information content (AvgIpc) is 2.65. The molecule has 0 saturated heterocycles. The minimum atomic E-state index is -0.747. The Kier molecular flexibility index (Phi) is 5.37. The highest BCUT2D eigenvalue weighted by Crippen LogP contribution is 2.29. The lowest BCUT2D eigenvalue weighted by molar-refractivity contribution is -0.151. The summed E-state index contributed by atoms with van der Waals surface area (Å²) in [5.41, 5.74) is 1.68. The number of ether oxygens (including phenoxy) is 2. The summed E-state index contributed by atoms with van der Waals surface area (Å²) in [6.07, 6.45) is 0.00464. The molecule has 0 radical (unpaired) electrons. The van der Waals surface area contributed by atoms with Gasteiger partial charge in [-0.05, 0) is 36.6 Å². The Morgan fingerprint density at radius 2 is 1.88 bits per heavy atom. The first-order valence-corrected chi connectivity index (χ1v) is 8.55. The van der Waals surface area contributed by atoms with Crippen molar-refractivity contribution in [3.8, 4) is 16.9 Å². The van der Waals surface area contributed by atoms with Gasteiger partial charge in [-0.25, -0.2) is 9.59 Å². The Morgan fingerprint density at radius 3 is 2.62 bits per heavy atom. The van der Waals surface area contributed by atoms with Gasteiger partial charge >= 0.3 is 11.6 Å². The van der Waals surface area contributed by atoms with Crippen LogP contribution in [0.1, 0.15) is 20.3 Å². The summed E-state index contributed by atoms with van der Waals surface area (Å²) in [7, 11) is 0. The van der Waals surface area contributed by atoms with E-state index in [2.05, 4.69) is 0 Å². The first kappa shape index (κ1) is 17.7. The third kappa shape index (κ3) is 3.94. The monoisotopic (exact) mass is 352 g/mol. The summed E-state index contributed by atoms with van der Waals surface area (Å²) < 4.78 is 16.0. The molecule has 1 atom stereocenters. The van der Waals surface area contributed by atoms with Gasteiger partial charge in [0.15, 0.2) is 6.10 Å². The molecule has 1 heterocycles. The molecule has 0 aliphatic carbocycles. The van der Waals surface area contributed by atoms with Crippen LogP contribution in [0.2, 0.25) is 0 Å². The Balaban J connectivity index is 1.92. The number of fused-ring (bicyclic) bond motifs is 1. The molecule has 3 aromatic rings. The smallest absolute Gasteiger partial charge is 0.347 e. The Morgan fingerprint density at radius 1 is 1.12 bits per heavy atom. The molecule has 3 rings (SSSR count). The van der Waals surface area contributed by atoms with Gasteiger partial charge in [-0.2, -0.15) is 0 Å². The Hall–Kier alpha value is -3.08. The van der Waals surface area contributed by atoms with Gasteiger partial charge in [0.2, 0.25) is 0 Å². The number of carbonyl (C=O) groups excluding carboxylic acids is 1. The van der Waals surface area contributed by atoms with Gasteiger partial charge in [0, 0.05) is 17.5 Å². The number of hydrogen-bond acceptors (Lipinski definition) is 5. The van der Waals surface area contributed by atoms with Crippen LogP contribution in [0.15, 0.2) is 63.8 Å². The van der Waals surface area contributed by atoms with E-state index in [-0.39, 0.29) is 0 Å². The maximum atomic E-state index is 12.0. The molecule has 0 aliphatic heterocycles. The largest absolute Gasteiger partial charge is 0.479 e. The second-order valence-corrected chi connectivity index (χ2v) is 5.93. The molecule has 0 fully saturated rings. The van der Waals surface area contributed by atoms with E-state index in [1.54, 1.807) is 19.1 Å². The molecule has 0 aliphatic rings. The first-order chi connectivity index (χ1) is 12.6. The highest BCUT2D eigenvalue weighted by atomic mass is 16.6. The molecular weight excluding hydrogens is 332 g/mol. The molecular formula is C21H20O5. The van der Waals surface area contributed by atoms with Gasteiger partial charge in [0.1, 0.15) is 11.3 Å². The second-order valence-electron chi connectivity index (χ2n) is 5.93. The summed E-state index contributed by atoms with van der Waals surface area (Å²) >= 11 is 0. The van der Waals surface area contributed by atoms with Gasteiger partial charge in [-0.3, -0.25) is 0 Å². The summed E-state index contributed by atoms with van der Waals surface area (Å²) in [5.74, 6) is 0.0123. The minimum Gasteiger partial charge on any atom is -0.479 e. The van der Waals surface area contributed by atoms with Gasteiger partial charge in [-0.15, -0.1) is 0 Å². The number of carbonyl (C=O) groups is 1. The van der Waals surface area contributed by atoms with Crippen molar-refractivity contribution >= 4 is 16.9 Å². The summed E-state index contributed by atoms with van der Waals surface area (Å²) in [4.78, 5) is 23.8. The molecule has 0 bridgehead atoms. The molecule has 0 N–H and O–H groups in total. The topological polar surface area (TPSA) is 65.7 Å². The zero-order valence-electron chi connectivity index (χ0n) is 14.7. The van der Waals surface area contributed by atoms with Crippen molar-refractivity contribution in [2.75, 3.05) is 6.61 Å². The van der Waals surface area contributed by atoms with Crippen LogP contribution < -0.4 is 10.4 Å². The van der Waals surface area contributed by atoms with E-state index in [1.807, 2.05) is 43.3 Å². The van der Waals surface area contributed by atoms with E-state index in [4.69, 9.17) is 13.9 Å². The third-order valence-electron chi connectivity index (χ3n) is 3.89. The Labute approximate surface area is 151 Å². The van der Waals surface area contributed by atoms with E-state index in [9.17, 15) is 9.59 Å². The van der Waals surface area contributed by atoms with Gasteiger partial charge < -0.3 is 13.9 Å². The normalized spacial score (nSPS) is 11.9. The second kappa shape index (κ2) is 7.87. The van der Waals surface area contributed by atoms with E-state index in [0.717, 1.165) is 22.9 Å². The zero-order chi connectivity index (χ0) is 18.5. The lowest BCUT2D eigenvalue weighted by Crippen LogP contribution is -2.26. The van der Waals surface area contributed by atoms with E-state index in [1.165, 1.54) is 6.07 Å². The van der Waals surface area contributed by atoms with E-state index in [0.29, 0.717) is 17.9 Å². The van der Waals surface area contributed by atoms with Crippen molar-refractivity contribution in [1.29, 1.82) is 0 Å². The van der Waals surface area contributed by atoms with E-state index >= 15 is 0 Å². The van der Waals surface area contributed by atoms with Crippen LogP contribution in [0, 0.1) is 0 Å². The van der Waals surface area contributed by atoms with Crippen molar-refractivity contribution in [2.45, 2.75) is 26.4 Å². The SMILES string of the molecule is CCCOC(=O)C(C)Oc1ccc2c(-c3ccccc3)cc(=O)oc2c1. The Bertz CT molecular complexity index is 959. The molecule has 0 spiro atoms. The molecule has 26 heavy (non-hydrogen) atoms. The molecule has 1 aromatic heterocycles. The fraction of sp³-hybridized carbons (Fsp3) is 0.238. The van der Waals surface area contributed by atoms with Crippen molar-refractivity contribution in [3.63, 3.8) is 0 Å². The van der Waals surface area contributed by atoms with Gasteiger partial charge in [-0.1, -0.05) is 37.3 Å². The highest BCUT2D eigenvalue weighted by Gasteiger charge is 2.17. The number of benzene rings is 2. The van der Waals surface area contributed by atoms with Crippen LogP contribution in [-0.2, 0) is 9.53 Å². The maximum Gasteiger partial charge on any atom is 0.347 e. The molecule has 0 amide bonds. The van der Waals surface area contributed by atoms with Crippen molar-refractivity contribution in [1.82, 2.24) is 0 Å². The van der Waals surface area contributed by atoms with Crippen molar-refractivity contribution in [2.24, 2.45) is 0 Å². The summed E-state index contributed by atoms with van der Waals surface area (Å²) in [6, 6.07) is 16.3. The lowest BCUT2D eigenvalue weighted by atomic mass is 10.0. The molecule has 5 nitrogen and oxygen atoms in total. The highest BCUT2D eigenvalue weighted by molar-refractivity contribution is 5.93. The summed E-state index contributed by atoms with van der Waals surface area (Å²) in [6.45, 7) is 3.91. The average molecular weight is 352 g/mol. The van der Waals surface area contributed by atoms with Crippen molar-refractivity contribution in [3.05, 3.63) is 65.0 Å². The number of esters is 1. The molecule has 1 unspecified atom stereocenters. The molecule has 2 aromatic carbocycles. The fourth-order valence-corrected chi connectivity index (χ4v) is 2.65. The van der Waals surface area contributed by atoms with Crippen LogP contribution in [0.4, 0.5) is 0 Å². The number of rotatable bonds is 6. The van der Waals surface area contributed by atoms with Crippen LogP contribution in [0.3, 0.4) is 0 Å². The predicted molar refractivity (Wildman–Crippen MR) is 99.3 cm³/mol. The predicted octanol–water partition coefficient (Wildman–Crippen LogP) is 4.18. The van der Waals surface area contributed by atoms with Crippen LogP contribution in [0.25, 0.3) is 22.1 Å². The van der Waals surface area contributed by atoms with Crippen molar-refractivity contribution < 1.29 is 18.7 Å².